The van der Waals surface area contributed by atoms with Crippen LogP contribution in [0.15, 0.2) is 224 Å². The first-order valence-electron chi connectivity index (χ1n) is 34.1. The molecule has 1 aromatic heterocycles. The zero-order chi connectivity index (χ0) is 66.3. The van der Waals surface area contributed by atoms with E-state index in [0.29, 0.717) is 0 Å². The van der Waals surface area contributed by atoms with Gasteiger partial charge in [-0.25, -0.2) is 0 Å². The van der Waals surface area contributed by atoms with Crippen molar-refractivity contribution in [3.63, 3.8) is 0 Å². The highest BCUT2D eigenvalue weighted by Crippen LogP contribution is 2.63. The second-order valence-corrected chi connectivity index (χ2v) is 33.2. The van der Waals surface area contributed by atoms with Crippen LogP contribution in [0.4, 0.5) is 17.1 Å². The van der Waals surface area contributed by atoms with E-state index in [-0.39, 0.29) is 38.4 Å². The fourth-order valence-electron chi connectivity index (χ4n) is 14.4. The summed E-state index contributed by atoms with van der Waals surface area (Å²) in [7, 11) is 0. The second kappa shape index (κ2) is 22.2. The molecule has 0 spiro atoms. The van der Waals surface area contributed by atoms with Crippen molar-refractivity contribution in [2.45, 2.75) is 163 Å². The topological polar surface area (TPSA) is 17.4 Å². The van der Waals surface area contributed by atoms with Crippen molar-refractivity contribution in [3.8, 4) is 72.8 Å². The summed E-state index contributed by atoms with van der Waals surface area (Å²) >= 11 is 0. The van der Waals surface area contributed by atoms with E-state index < -0.39 is 0 Å². The number of aromatic nitrogens is 1. The lowest BCUT2D eigenvalue weighted by molar-refractivity contribution is 0.453. The van der Waals surface area contributed by atoms with Crippen LogP contribution in [0.2, 0.25) is 0 Å². The maximum Gasteiger partial charge on any atom is 0.134 e. The molecule has 0 saturated heterocycles. The van der Waals surface area contributed by atoms with E-state index in [4.69, 9.17) is 4.74 Å². The molecule has 0 N–H and O–H groups in total. The first-order valence-corrected chi connectivity index (χ1v) is 34.1. The van der Waals surface area contributed by atoms with Crippen LogP contribution in [0.3, 0.4) is 0 Å². The number of rotatable bonds is 7. The fraction of sp³-hybridized carbons (Fsp3) is 0.275. The molecule has 0 saturated carbocycles. The molecular weight excluding hydrogens is 1140 g/mol. The van der Waals surface area contributed by atoms with E-state index in [9.17, 15) is 0 Å². The van der Waals surface area contributed by atoms with Crippen molar-refractivity contribution >= 4 is 38.9 Å². The number of hydrogen-bond acceptors (Lipinski definition) is 2. The number of fused-ring (bicyclic) bond motifs is 7. The van der Waals surface area contributed by atoms with E-state index in [1.807, 2.05) is 0 Å². The summed E-state index contributed by atoms with van der Waals surface area (Å²) < 4.78 is 10.2. The predicted molar refractivity (Wildman–Crippen MR) is 402 cm³/mol. The Kier molecular flexibility index (Phi) is 14.7. The van der Waals surface area contributed by atoms with Crippen molar-refractivity contribution in [1.82, 2.24) is 4.57 Å². The van der Waals surface area contributed by atoms with Crippen LogP contribution in [0, 0.1) is 0 Å². The molecule has 3 heteroatoms. The van der Waals surface area contributed by atoms with E-state index in [1.54, 1.807) is 0 Å². The lowest BCUT2D eigenvalue weighted by Crippen LogP contribution is -2.26. The zero-order valence-corrected chi connectivity index (χ0v) is 58.7. The Hall–Kier alpha value is -9.18. The van der Waals surface area contributed by atoms with Gasteiger partial charge in [-0.2, -0.15) is 0 Å². The van der Waals surface area contributed by atoms with Gasteiger partial charge in [-0.3, -0.25) is 0 Å². The van der Waals surface area contributed by atoms with Gasteiger partial charge in [0.1, 0.15) is 11.5 Å². The Labute approximate surface area is 560 Å². The van der Waals surface area contributed by atoms with Crippen molar-refractivity contribution < 1.29 is 4.74 Å². The van der Waals surface area contributed by atoms with Gasteiger partial charge < -0.3 is 14.2 Å². The number of hydrogen-bond donors (Lipinski definition) is 0. The summed E-state index contributed by atoms with van der Waals surface area (Å²) in [5, 5.41) is 2.39. The molecular formula is C91H92N2O. The van der Waals surface area contributed by atoms with Crippen LogP contribution in [0.1, 0.15) is 181 Å². The Balaban J connectivity index is 1.17. The Bertz CT molecular complexity index is 4860. The number of ether oxygens (including phenoxy) is 1. The molecule has 12 aromatic rings. The summed E-state index contributed by atoms with van der Waals surface area (Å²) in [5.41, 5.74) is 29.3. The second-order valence-electron chi connectivity index (χ2n) is 33.2. The first kappa shape index (κ1) is 62.3. The molecule has 1 atom stereocenters. The molecule has 0 radical (unpaired) electrons. The Morgan fingerprint density at radius 2 is 0.734 bits per heavy atom. The van der Waals surface area contributed by atoms with Gasteiger partial charge in [-0.1, -0.05) is 294 Å². The summed E-state index contributed by atoms with van der Waals surface area (Å²) in [6.07, 6.45) is 0. The minimum absolute atomic E-state index is 0.0564. The molecule has 0 fully saturated rings. The van der Waals surface area contributed by atoms with E-state index in [1.165, 1.54) is 83.1 Å². The Morgan fingerprint density at radius 1 is 0.309 bits per heavy atom. The average Bonchev–Trinajstić information content (AvgIpc) is 1.11. The predicted octanol–water partition coefficient (Wildman–Crippen LogP) is 26.0. The van der Waals surface area contributed by atoms with Gasteiger partial charge in [0, 0.05) is 44.6 Å². The summed E-state index contributed by atoms with van der Waals surface area (Å²) in [5.74, 6) is 1.54. The molecule has 3 nitrogen and oxygen atoms in total. The van der Waals surface area contributed by atoms with Crippen LogP contribution in [-0.4, -0.2) is 4.57 Å². The average molecular weight is 1230 g/mol. The molecule has 3 heterocycles. The highest BCUT2D eigenvalue weighted by Gasteiger charge is 2.43. The lowest BCUT2D eigenvalue weighted by Gasteiger charge is -2.43. The summed E-state index contributed by atoms with van der Waals surface area (Å²) in [4.78, 5) is 2.70. The monoisotopic (exact) mass is 1230 g/mol. The normalized spacial score (nSPS) is 14.2. The summed E-state index contributed by atoms with van der Waals surface area (Å²) in [6, 6.07) is 86.3. The third kappa shape index (κ3) is 11.1. The molecule has 0 bridgehead atoms. The van der Waals surface area contributed by atoms with Crippen LogP contribution in [-0.2, 0) is 32.5 Å². The molecule has 0 aliphatic carbocycles. The largest absolute Gasteiger partial charge is 0.457 e. The maximum atomic E-state index is 7.69. The SMILES string of the molecule is CC(C)(C)c1cc(-c2ccc3c(c2)C2c4ccc(-c5cc(C(C)(C)C)cc(C(C)(C)C)c5)cc4N(c4c(-c5ccccc5)cc5c(c4-c4ccccc4)c4ccccc4n5-c4ccccc4)c4cc(-c5cc(C(C)(C)C)cc(C(C)(C)C)c5)cc(c42)O3)cc(C(C)(C)C)c1. The van der Waals surface area contributed by atoms with Crippen molar-refractivity contribution in [2.75, 3.05) is 4.90 Å². The van der Waals surface area contributed by atoms with Gasteiger partial charge in [-0.15, -0.1) is 0 Å². The van der Waals surface area contributed by atoms with E-state index in [0.717, 1.165) is 78.7 Å². The number of para-hydroxylation sites is 2. The molecule has 14 rings (SSSR count). The van der Waals surface area contributed by atoms with Gasteiger partial charge in [0.2, 0.25) is 0 Å². The third-order valence-electron chi connectivity index (χ3n) is 20.1. The lowest BCUT2D eigenvalue weighted by atomic mass is 9.74. The molecule has 2 aliphatic rings. The number of benzene rings is 11. The van der Waals surface area contributed by atoms with Crippen molar-refractivity contribution in [2.24, 2.45) is 0 Å². The first-order chi connectivity index (χ1) is 44.4. The minimum atomic E-state index is -0.211. The van der Waals surface area contributed by atoms with Gasteiger partial charge in [0.05, 0.1) is 28.1 Å². The summed E-state index contributed by atoms with van der Waals surface area (Å²) in [6.45, 7) is 42.2. The van der Waals surface area contributed by atoms with Gasteiger partial charge in [0.15, 0.2) is 0 Å². The van der Waals surface area contributed by atoms with Crippen LogP contribution < -0.4 is 9.64 Å². The molecule has 94 heavy (non-hydrogen) atoms. The molecule has 2 aliphatic heterocycles. The Morgan fingerprint density at radius 3 is 1.24 bits per heavy atom. The quantitative estimate of drug-likeness (QED) is 0.158. The highest BCUT2D eigenvalue weighted by molar-refractivity contribution is 6.22. The smallest absolute Gasteiger partial charge is 0.134 e. The van der Waals surface area contributed by atoms with Crippen LogP contribution >= 0.6 is 0 Å². The number of nitrogens with zero attached hydrogens (tertiary/aromatic N) is 2. The standard InChI is InChI=1S/C91H92N2O/c1-86(2,3)64-42-60(43-65(52-64)87(4,5)6)58-39-41-79-74(48-58)82-72-40-38-59(61-44-66(88(7,8)9)53-67(45-61)89(10,11)12)49-76(72)93(77-50-63(51-80(94-79)84(77)82)62-46-68(90(13,14)15)54-69(47-62)91(16,17)18)85-73(56-30-22-19-23-31-56)55-78-83(81(85)57-32-24-20-25-33-57)71-36-28-29-37-75(71)92(78)70-34-26-21-27-35-70/h19-55,82H,1-18H3. The molecule has 0 amide bonds. The van der Waals surface area contributed by atoms with E-state index >= 15 is 0 Å². The third-order valence-corrected chi connectivity index (χ3v) is 20.1. The number of anilines is 3. The van der Waals surface area contributed by atoms with Gasteiger partial charge >= 0.3 is 0 Å². The van der Waals surface area contributed by atoms with Crippen molar-refractivity contribution in [1.29, 1.82) is 0 Å². The van der Waals surface area contributed by atoms with E-state index in [2.05, 4.69) is 359 Å². The van der Waals surface area contributed by atoms with Crippen LogP contribution in [0.25, 0.3) is 83.1 Å². The fourth-order valence-corrected chi connectivity index (χ4v) is 14.4. The van der Waals surface area contributed by atoms with Crippen LogP contribution in [0.5, 0.6) is 11.5 Å². The van der Waals surface area contributed by atoms with Crippen molar-refractivity contribution in [3.05, 3.63) is 275 Å². The molecule has 11 aromatic carbocycles. The van der Waals surface area contributed by atoms with Gasteiger partial charge in [0.25, 0.3) is 0 Å². The molecule has 1 unspecified atom stereocenters. The van der Waals surface area contributed by atoms with Gasteiger partial charge in [-0.05, 0) is 171 Å². The highest BCUT2D eigenvalue weighted by atomic mass is 16.5. The molecule has 472 valence electrons. The minimum Gasteiger partial charge on any atom is -0.457 e. The zero-order valence-electron chi connectivity index (χ0n) is 58.7. The maximum absolute atomic E-state index is 7.69.